The van der Waals surface area contributed by atoms with Gasteiger partial charge >= 0.3 is 0 Å². The van der Waals surface area contributed by atoms with Crippen molar-refractivity contribution in [2.75, 3.05) is 0 Å². The molecule has 9 rings (SSSR count). The monoisotopic (exact) mass is 604 g/mol. The third-order valence-electron chi connectivity index (χ3n) is 9.21. The van der Waals surface area contributed by atoms with Crippen molar-refractivity contribution >= 4 is 23.1 Å². The Hall–Kier alpha value is -5.94. The number of benzene rings is 5. The molecular weight excluding hydrogens is 575 g/mol. The fourth-order valence-electron chi connectivity index (χ4n) is 6.97. The summed E-state index contributed by atoms with van der Waals surface area (Å²) in [4.78, 5) is 8.80. The molecule has 0 atom stereocenters. The van der Waals surface area contributed by atoms with Crippen molar-refractivity contribution in [3.8, 4) is 67.5 Å². The zero-order chi connectivity index (χ0) is 31.5. The van der Waals surface area contributed by atoms with E-state index in [1.165, 1.54) is 0 Å². The molecule has 0 bridgehead atoms. The topological polar surface area (TPSA) is 44.2 Å². The van der Waals surface area contributed by atoms with Gasteiger partial charge in [-0.15, -0.1) is 0 Å². The molecule has 4 nitrogen and oxygen atoms in total. The van der Waals surface area contributed by atoms with Crippen LogP contribution in [-0.4, -0.2) is 16.7 Å². The Kier molecular flexibility index (Phi) is 6.32. The first-order valence-electron chi connectivity index (χ1n) is 15.9. The molecule has 0 fully saturated rings. The van der Waals surface area contributed by atoms with Crippen LogP contribution < -0.4 is 25.9 Å². The summed E-state index contributed by atoms with van der Waals surface area (Å²) in [6, 6.07) is 40.9. The van der Waals surface area contributed by atoms with E-state index < -0.39 is 0 Å². The minimum Gasteiger partial charge on any atom is -0.458 e. The molecule has 0 unspecified atom stereocenters. The predicted molar refractivity (Wildman–Crippen MR) is 191 cm³/mol. The number of aryl methyl sites for hydroxylation is 2. The van der Waals surface area contributed by atoms with E-state index in [1.807, 2.05) is 43.0 Å². The Bertz CT molecular complexity index is 2200. The van der Waals surface area contributed by atoms with Gasteiger partial charge in [-0.3, -0.25) is 9.97 Å². The number of hydrogen-bond acceptors (Lipinski definition) is 4. The van der Waals surface area contributed by atoms with Gasteiger partial charge in [0, 0.05) is 41.4 Å². The molecule has 2 aliphatic heterocycles. The lowest BCUT2D eigenvalue weighted by Gasteiger charge is -2.33. The summed E-state index contributed by atoms with van der Waals surface area (Å²) in [5.74, 6) is 3.42. The van der Waals surface area contributed by atoms with Crippen molar-refractivity contribution in [2.24, 2.45) is 0 Å². The summed E-state index contributed by atoms with van der Waals surface area (Å²) < 4.78 is 13.2. The molecule has 0 radical (unpaired) electrons. The first-order chi connectivity index (χ1) is 23.1. The van der Waals surface area contributed by atoms with Gasteiger partial charge in [0.25, 0.3) is 6.71 Å². The molecule has 7 aromatic rings. The van der Waals surface area contributed by atoms with Crippen LogP contribution in [0.25, 0.3) is 44.5 Å². The van der Waals surface area contributed by atoms with Crippen molar-refractivity contribution in [3.63, 3.8) is 0 Å². The van der Waals surface area contributed by atoms with Crippen LogP contribution in [-0.2, 0) is 0 Å². The normalized spacial score (nSPS) is 12.3. The Morgan fingerprint density at radius 3 is 1.30 bits per heavy atom. The van der Waals surface area contributed by atoms with E-state index in [1.54, 1.807) is 0 Å². The van der Waals surface area contributed by atoms with Gasteiger partial charge in [0.05, 0.1) is 0 Å². The predicted octanol–water partition coefficient (Wildman–Crippen LogP) is 8.49. The largest absolute Gasteiger partial charge is 0.458 e. The molecule has 222 valence electrons. The summed E-state index contributed by atoms with van der Waals surface area (Å²) in [7, 11) is 0. The summed E-state index contributed by atoms with van der Waals surface area (Å²) in [6.07, 6.45) is 7.61. The molecule has 5 aromatic carbocycles. The zero-order valence-electron chi connectivity index (χ0n) is 26.1. The smallest absolute Gasteiger partial charge is 0.260 e. The van der Waals surface area contributed by atoms with Crippen LogP contribution in [0.4, 0.5) is 0 Å². The molecule has 0 spiro atoms. The number of fused-ring (bicyclic) bond motifs is 4. The van der Waals surface area contributed by atoms with Crippen LogP contribution in [0.1, 0.15) is 11.1 Å². The third-order valence-corrected chi connectivity index (χ3v) is 9.21. The third kappa shape index (κ3) is 4.79. The van der Waals surface area contributed by atoms with Gasteiger partial charge in [-0.05, 0) is 118 Å². The van der Waals surface area contributed by atoms with Gasteiger partial charge in [-0.25, -0.2) is 0 Å². The summed E-state index contributed by atoms with van der Waals surface area (Å²) in [5, 5.41) is 0. The Morgan fingerprint density at radius 2 is 0.830 bits per heavy atom. The molecule has 0 N–H and O–H groups in total. The lowest BCUT2D eigenvalue weighted by molar-refractivity contribution is 0.464. The van der Waals surface area contributed by atoms with E-state index in [-0.39, 0.29) is 6.71 Å². The Balaban J connectivity index is 1.11. The molecular formula is C42H29BN2O2. The Morgan fingerprint density at radius 1 is 0.404 bits per heavy atom. The first kappa shape index (κ1) is 27.4. The molecule has 0 saturated heterocycles. The quantitative estimate of drug-likeness (QED) is 0.189. The first-order valence-corrected chi connectivity index (χ1v) is 15.9. The summed E-state index contributed by atoms with van der Waals surface area (Å²) >= 11 is 0. The van der Waals surface area contributed by atoms with Crippen LogP contribution >= 0.6 is 0 Å². The van der Waals surface area contributed by atoms with Gasteiger partial charge in [0.2, 0.25) is 0 Å². The van der Waals surface area contributed by atoms with Crippen molar-refractivity contribution in [3.05, 3.63) is 151 Å². The van der Waals surface area contributed by atoms with E-state index in [0.717, 1.165) is 95.0 Å². The maximum absolute atomic E-state index is 6.59. The molecule has 2 aromatic heterocycles. The highest BCUT2D eigenvalue weighted by atomic mass is 16.5. The lowest BCUT2D eigenvalue weighted by Crippen LogP contribution is -2.57. The molecule has 47 heavy (non-hydrogen) atoms. The van der Waals surface area contributed by atoms with Gasteiger partial charge in [-0.2, -0.15) is 0 Å². The van der Waals surface area contributed by atoms with Gasteiger partial charge in [0.1, 0.15) is 23.0 Å². The zero-order valence-corrected chi connectivity index (χ0v) is 26.1. The molecule has 4 heterocycles. The number of ether oxygens (including phenoxy) is 2. The van der Waals surface area contributed by atoms with Crippen molar-refractivity contribution in [1.29, 1.82) is 0 Å². The van der Waals surface area contributed by atoms with E-state index in [0.29, 0.717) is 0 Å². The average molecular weight is 605 g/mol. The SMILES string of the molecule is Cc1cncc(-c2cccc(-c3ccc4c(c3)Oc3cccc5c3B4c3ccc(-c4cccc(-c6cncc(C)c6)c4)cc3O5)c2)c1. The van der Waals surface area contributed by atoms with Crippen LogP contribution in [0.2, 0.25) is 0 Å². The maximum Gasteiger partial charge on any atom is 0.260 e. The van der Waals surface area contributed by atoms with E-state index in [4.69, 9.17) is 9.47 Å². The highest BCUT2D eigenvalue weighted by Gasteiger charge is 2.40. The average Bonchev–Trinajstić information content (AvgIpc) is 3.11. The fraction of sp³-hybridized carbons (Fsp3) is 0.0476. The van der Waals surface area contributed by atoms with E-state index in [9.17, 15) is 0 Å². The fourth-order valence-corrected chi connectivity index (χ4v) is 6.97. The highest BCUT2D eigenvalue weighted by molar-refractivity contribution is 6.98. The number of hydrogen-bond donors (Lipinski definition) is 0. The number of aromatic nitrogens is 2. The standard InChI is InChI=1S/C42H29BN2O2/c1-26-16-34(24-44-22-26)30-8-3-6-28(18-30)32-12-14-36-40(20-32)46-38-10-5-11-39-42(38)43(36)37-15-13-33(21-41(37)47-39)29-7-4-9-31(19-29)35-17-27(2)23-45-25-35/h3-25H,1-2H3. The van der Waals surface area contributed by atoms with Crippen molar-refractivity contribution in [2.45, 2.75) is 13.8 Å². The number of pyridine rings is 2. The highest BCUT2D eigenvalue weighted by Crippen LogP contribution is 2.38. The second-order valence-corrected chi connectivity index (χ2v) is 12.5. The van der Waals surface area contributed by atoms with Gasteiger partial charge in [0.15, 0.2) is 0 Å². The van der Waals surface area contributed by atoms with E-state index in [2.05, 4.69) is 121 Å². The molecule has 5 heteroatoms. The molecule has 0 aliphatic carbocycles. The minimum atomic E-state index is 0.00575. The van der Waals surface area contributed by atoms with Gasteiger partial charge < -0.3 is 9.47 Å². The molecule has 0 amide bonds. The van der Waals surface area contributed by atoms with Crippen LogP contribution in [0.5, 0.6) is 23.0 Å². The summed E-state index contributed by atoms with van der Waals surface area (Å²) in [6.45, 7) is 4.15. The number of rotatable bonds is 4. The van der Waals surface area contributed by atoms with Crippen molar-refractivity contribution in [1.82, 2.24) is 9.97 Å². The van der Waals surface area contributed by atoms with E-state index >= 15 is 0 Å². The maximum atomic E-state index is 6.59. The van der Waals surface area contributed by atoms with Crippen LogP contribution in [0.3, 0.4) is 0 Å². The summed E-state index contributed by atoms with van der Waals surface area (Å²) in [5.41, 5.74) is 14.6. The van der Waals surface area contributed by atoms with Crippen LogP contribution in [0, 0.1) is 13.8 Å². The molecule has 2 aliphatic rings. The molecule has 0 saturated carbocycles. The minimum absolute atomic E-state index is 0.00575. The van der Waals surface area contributed by atoms with Crippen molar-refractivity contribution < 1.29 is 9.47 Å². The second-order valence-electron chi connectivity index (χ2n) is 12.5. The second kappa shape index (κ2) is 10.9. The van der Waals surface area contributed by atoms with Gasteiger partial charge in [-0.1, -0.05) is 66.7 Å². The van der Waals surface area contributed by atoms with Crippen LogP contribution in [0.15, 0.2) is 140 Å². The Labute approximate surface area is 274 Å². The lowest BCUT2D eigenvalue weighted by atomic mass is 9.35. The number of nitrogens with zero attached hydrogens (tertiary/aromatic N) is 2.